The lowest BCUT2D eigenvalue weighted by Gasteiger charge is -2.24. The fourth-order valence-electron chi connectivity index (χ4n) is 4.38. The summed E-state index contributed by atoms with van der Waals surface area (Å²) in [7, 11) is 0. The van der Waals surface area contributed by atoms with E-state index in [1.165, 1.54) is 33.4 Å². The molecular weight excluding hydrogens is 348 g/mol. The summed E-state index contributed by atoms with van der Waals surface area (Å²) in [5.41, 5.74) is 8.85. The van der Waals surface area contributed by atoms with E-state index in [-0.39, 0.29) is 11.8 Å². The highest BCUT2D eigenvalue weighted by molar-refractivity contribution is 5.71. The predicted octanol–water partition coefficient (Wildman–Crippen LogP) is 4.59. The number of nitrogens with one attached hydrogen (secondary N) is 1. The Labute approximate surface area is 165 Å². The Morgan fingerprint density at radius 2 is 2.11 bits per heavy atom. The number of aromatic amines is 1. The van der Waals surface area contributed by atoms with E-state index < -0.39 is 5.97 Å². The van der Waals surface area contributed by atoms with Gasteiger partial charge < -0.3 is 10.1 Å². The van der Waals surface area contributed by atoms with Crippen molar-refractivity contribution in [3.8, 4) is 0 Å². The number of hydrogen-bond donors (Lipinski definition) is 2. The largest absolute Gasteiger partial charge is 0.481 e. The first-order valence-electron chi connectivity index (χ1n) is 9.90. The minimum Gasteiger partial charge on any atom is -0.481 e. The summed E-state index contributed by atoms with van der Waals surface area (Å²) in [6.45, 7) is 4.34. The van der Waals surface area contributed by atoms with Gasteiger partial charge in [0.2, 0.25) is 0 Å². The summed E-state index contributed by atoms with van der Waals surface area (Å²) in [4.78, 5) is 18.9. The van der Waals surface area contributed by atoms with Gasteiger partial charge in [-0.05, 0) is 72.9 Å². The SMILES string of the molecule is Cc1cccc(C(Cc2ccc3c(c2)CCC(C(=O)O)C3)c2cnc[nH]2)c1C. The summed E-state index contributed by atoms with van der Waals surface area (Å²) in [6.07, 6.45) is 6.77. The zero-order valence-electron chi connectivity index (χ0n) is 16.4. The van der Waals surface area contributed by atoms with Crippen molar-refractivity contribution in [1.29, 1.82) is 0 Å². The van der Waals surface area contributed by atoms with Gasteiger partial charge in [0.05, 0.1) is 12.2 Å². The summed E-state index contributed by atoms with van der Waals surface area (Å²) >= 11 is 0. The van der Waals surface area contributed by atoms with Crippen molar-refractivity contribution in [3.05, 3.63) is 88.0 Å². The molecule has 0 saturated carbocycles. The van der Waals surface area contributed by atoms with Crippen LogP contribution in [-0.2, 0) is 24.1 Å². The van der Waals surface area contributed by atoms with E-state index in [2.05, 4.69) is 60.2 Å². The Bertz CT molecular complexity index is 992. The van der Waals surface area contributed by atoms with Crippen LogP contribution in [0.15, 0.2) is 48.9 Å². The molecule has 4 rings (SSSR count). The Hall–Kier alpha value is -2.88. The Morgan fingerprint density at radius 3 is 2.86 bits per heavy atom. The molecule has 0 amide bonds. The van der Waals surface area contributed by atoms with E-state index in [9.17, 15) is 9.90 Å². The van der Waals surface area contributed by atoms with Gasteiger partial charge in [0.25, 0.3) is 0 Å². The summed E-state index contributed by atoms with van der Waals surface area (Å²) in [6, 6.07) is 13.1. The van der Waals surface area contributed by atoms with Gasteiger partial charge in [0.1, 0.15) is 0 Å². The zero-order valence-corrected chi connectivity index (χ0v) is 16.4. The summed E-state index contributed by atoms with van der Waals surface area (Å²) in [5, 5.41) is 9.31. The molecule has 0 spiro atoms. The van der Waals surface area contributed by atoms with Crippen LogP contribution in [0.4, 0.5) is 0 Å². The van der Waals surface area contributed by atoms with Crippen molar-refractivity contribution in [1.82, 2.24) is 9.97 Å². The van der Waals surface area contributed by atoms with Crippen molar-refractivity contribution in [2.75, 3.05) is 0 Å². The highest BCUT2D eigenvalue weighted by atomic mass is 16.4. The van der Waals surface area contributed by atoms with Gasteiger partial charge in [-0.25, -0.2) is 4.98 Å². The molecule has 0 aliphatic heterocycles. The van der Waals surface area contributed by atoms with Crippen LogP contribution in [0.2, 0.25) is 0 Å². The third kappa shape index (κ3) is 3.59. The van der Waals surface area contributed by atoms with Crippen molar-refractivity contribution < 1.29 is 9.90 Å². The monoisotopic (exact) mass is 374 g/mol. The standard InChI is InChI=1S/C24H26N2O2/c1-15-4-3-5-21(16(15)2)22(23-13-25-14-26-23)11-17-6-7-19-12-20(24(27)28)9-8-18(19)10-17/h3-7,10,13-14,20,22H,8-9,11-12H2,1-2H3,(H,25,26)(H,27,28). The van der Waals surface area contributed by atoms with E-state index in [1.807, 2.05) is 6.20 Å². The maximum atomic E-state index is 11.3. The number of hydrogen-bond acceptors (Lipinski definition) is 2. The van der Waals surface area contributed by atoms with Crippen LogP contribution < -0.4 is 0 Å². The van der Waals surface area contributed by atoms with Crippen LogP contribution in [0.3, 0.4) is 0 Å². The van der Waals surface area contributed by atoms with Crippen LogP contribution in [-0.4, -0.2) is 21.0 Å². The van der Waals surface area contributed by atoms with Gasteiger partial charge in [0, 0.05) is 17.8 Å². The molecule has 2 N–H and O–H groups in total. The van der Waals surface area contributed by atoms with Crippen LogP contribution >= 0.6 is 0 Å². The predicted molar refractivity (Wildman–Crippen MR) is 110 cm³/mol. The molecule has 0 bridgehead atoms. The Morgan fingerprint density at radius 1 is 1.25 bits per heavy atom. The lowest BCUT2D eigenvalue weighted by molar-refractivity contribution is -0.142. The molecule has 0 radical (unpaired) electrons. The number of aliphatic carboxylic acids is 1. The highest BCUT2D eigenvalue weighted by Gasteiger charge is 2.25. The van der Waals surface area contributed by atoms with Crippen LogP contribution in [0, 0.1) is 19.8 Å². The number of aromatic nitrogens is 2. The van der Waals surface area contributed by atoms with Gasteiger partial charge in [-0.2, -0.15) is 0 Å². The average Bonchev–Trinajstić information content (AvgIpc) is 3.22. The lowest BCUT2D eigenvalue weighted by Crippen LogP contribution is -2.22. The van der Waals surface area contributed by atoms with Gasteiger partial charge in [-0.3, -0.25) is 4.79 Å². The number of benzene rings is 2. The molecule has 0 saturated heterocycles. The second-order valence-electron chi connectivity index (χ2n) is 7.93. The van der Waals surface area contributed by atoms with Gasteiger partial charge in [-0.15, -0.1) is 0 Å². The average molecular weight is 374 g/mol. The van der Waals surface area contributed by atoms with Crippen molar-refractivity contribution >= 4 is 5.97 Å². The number of imidazole rings is 1. The Balaban J connectivity index is 1.65. The van der Waals surface area contributed by atoms with Gasteiger partial charge in [0.15, 0.2) is 0 Å². The number of carboxylic acids is 1. The second-order valence-corrected chi connectivity index (χ2v) is 7.93. The molecule has 1 aliphatic rings. The summed E-state index contributed by atoms with van der Waals surface area (Å²) in [5.74, 6) is -0.703. The molecular formula is C24H26N2O2. The van der Waals surface area contributed by atoms with Crippen LogP contribution in [0.25, 0.3) is 0 Å². The van der Waals surface area contributed by atoms with E-state index in [4.69, 9.17) is 0 Å². The van der Waals surface area contributed by atoms with Crippen molar-refractivity contribution in [2.45, 2.75) is 45.4 Å². The molecule has 1 aliphatic carbocycles. The topological polar surface area (TPSA) is 66.0 Å². The normalized spacial score (nSPS) is 17.1. The van der Waals surface area contributed by atoms with E-state index >= 15 is 0 Å². The molecule has 1 aromatic heterocycles. The molecule has 2 atom stereocenters. The first-order valence-corrected chi connectivity index (χ1v) is 9.90. The summed E-state index contributed by atoms with van der Waals surface area (Å²) < 4.78 is 0. The molecule has 28 heavy (non-hydrogen) atoms. The molecule has 144 valence electrons. The molecule has 0 fully saturated rings. The Kier molecular flexibility index (Phi) is 5.03. The third-order valence-corrected chi connectivity index (χ3v) is 6.20. The molecule has 2 unspecified atom stereocenters. The number of carbonyl (C=O) groups is 1. The molecule has 4 heteroatoms. The second kappa shape index (κ2) is 7.63. The van der Waals surface area contributed by atoms with Crippen molar-refractivity contribution in [3.63, 3.8) is 0 Å². The number of rotatable bonds is 5. The highest BCUT2D eigenvalue weighted by Crippen LogP contribution is 2.33. The van der Waals surface area contributed by atoms with Gasteiger partial charge in [-0.1, -0.05) is 36.4 Å². The number of aryl methyl sites for hydroxylation is 2. The third-order valence-electron chi connectivity index (χ3n) is 6.20. The van der Waals surface area contributed by atoms with E-state index in [1.54, 1.807) is 6.33 Å². The van der Waals surface area contributed by atoms with Crippen LogP contribution in [0.5, 0.6) is 0 Å². The molecule has 4 nitrogen and oxygen atoms in total. The number of H-pyrrole nitrogens is 1. The quantitative estimate of drug-likeness (QED) is 0.686. The number of carboxylic acid groups (broad SMARTS) is 1. The minimum absolute atomic E-state index is 0.218. The molecule has 2 aromatic carbocycles. The zero-order chi connectivity index (χ0) is 19.7. The molecule has 3 aromatic rings. The van der Waals surface area contributed by atoms with E-state index in [0.29, 0.717) is 6.42 Å². The fraction of sp³-hybridized carbons (Fsp3) is 0.333. The first kappa shape index (κ1) is 18.5. The number of nitrogens with zero attached hydrogens (tertiary/aromatic N) is 1. The minimum atomic E-state index is -0.677. The fourth-order valence-corrected chi connectivity index (χ4v) is 4.38. The maximum absolute atomic E-state index is 11.3. The van der Waals surface area contributed by atoms with Gasteiger partial charge >= 0.3 is 5.97 Å². The van der Waals surface area contributed by atoms with Crippen LogP contribution in [0.1, 0.15) is 51.4 Å². The maximum Gasteiger partial charge on any atom is 0.306 e. The number of fused-ring (bicyclic) bond motifs is 1. The molecule has 1 heterocycles. The lowest BCUT2D eigenvalue weighted by atomic mass is 9.81. The van der Waals surface area contributed by atoms with E-state index in [0.717, 1.165) is 25.0 Å². The van der Waals surface area contributed by atoms with Crippen molar-refractivity contribution in [2.24, 2.45) is 5.92 Å². The first-order chi connectivity index (χ1) is 13.5. The smallest absolute Gasteiger partial charge is 0.306 e.